The molecule has 0 bridgehead atoms. The molecule has 0 aliphatic rings. The molecular formula is C21H19F2N3O. The third kappa shape index (κ3) is 5.23. The Morgan fingerprint density at radius 1 is 1.22 bits per heavy atom. The lowest BCUT2D eigenvalue weighted by atomic mass is 10.1. The maximum absolute atomic E-state index is 13.3. The number of nitrogens with one attached hydrogen (secondary N) is 2. The molecule has 0 atom stereocenters. The number of terminal acetylenes is 1. The summed E-state index contributed by atoms with van der Waals surface area (Å²) in [6.07, 6.45) is 7.30. The van der Waals surface area contributed by atoms with Gasteiger partial charge in [0.25, 0.3) is 5.92 Å². The van der Waals surface area contributed by atoms with Crippen molar-refractivity contribution >= 4 is 11.4 Å². The second-order valence-electron chi connectivity index (χ2n) is 5.81. The Morgan fingerprint density at radius 3 is 2.48 bits per heavy atom. The van der Waals surface area contributed by atoms with E-state index in [4.69, 9.17) is 11.2 Å². The zero-order valence-corrected chi connectivity index (χ0v) is 15.0. The highest BCUT2D eigenvalue weighted by molar-refractivity contribution is 5.67. The van der Waals surface area contributed by atoms with Crippen LogP contribution in [0.25, 0.3) is 5.76 Å². The van der Waals surface area contributed by atoms with Crippen LogP contribution in [0.4, 0.5) is 14.5 Å². The van der Waals surface area contributed by atoms with Crippen molar-refractivity contribution in [2.24, 2.45) is 0 Å². The number of alkyl halides is 2. The second kappa shape index (κ2) is 8.73. The lowest BCUT2D eigenvalue weighted by Crippen LogP contribution is -2.08. The Hall–Kier alpha value is -3.51. The van der Waals surface area contributed by atoms with Crippen LogP contribution in [0.1, 0.15) is 23.6 Å². The summed E-state index contributed by atoms with van der Waals surface area (Å²) in [5, 5.41) is 15.1. The van der Waals surface area contributed by atoms with Gasteiger partial charge in [0.1, 0.15) is 12.2 Å². The summed E-state index contributed by atoms with van der Waals surface area (Å²) in [5.74, 6) is -2.60. The minimum absolute atomic E-state index is 0.0349. The molecule has 6 heteroatoms. The van der Waals surface area contributed by atoms with E-state index in [1.165, 1.54) is 12.1 Å². The average molecular weight is 367 g/mol. The smallest absolute Gasteiger partial charge is 0.270 e. The van der Waals surface area contributed by atoms with Gasteiger partial charge in [0.2, 0.25) is 0 Å². The minimum atomic E-state index is -2.86. The Balaban J connectivity index is 2.17. The first-order valence-electron chi connectivity index (χ1n) is 8.15. The van der Waals surface area contributed by atoms with Crippen molar-refractivity contribution < 1.29 is 13.5 Å². The summed E-state index contributed by atoms with van der Waals surface area (Å²) in [6.45, 7) is 1.32. The van der Waals surface area contributed by atoms with Crippen molar-refractivity contribution in [2.75, 3.05) is 12.4 Å². The number of anilines is 1. The van der Waals surface area contributed by atoms with Crippen LogP contribution in [0.3, 0.4) is 0 Å². The van der Waals surface area contributed by atoms with E-state index < -0.39 is 5.92 Å². The molecule has 4 nitrogen and oxygen atoms in total. The summed E-state index contributed by atoms with van der Waals surface area (Å²) in [7, 11) is 1.60. The van der Waals surface area contributed by atoms with Gasteiger partial charge >= 0.3 is 0 Å². The molecule has 0 saturated carbocycles. The summed E-state index contributed by atoms with van der Waals surface area (Å²) in [4.78, 5) is 0. The number of nitrogens with zero attached hydrogens (tertiary/aromatic N) is 1. The highest BCUT2D eigenvalue weighted by Crippen LogP contribution is 2.28. The molecule has 0 amide bonds. The average Bonchev–Trinajstić information content (AvgIpc) is 2.66. The van der Waals surface area contributed by atoms with Gasteiger partial charge in [-0.1, -0.05) is 36.8 Å². The number of rotatable bonds is 7. The number of nitriles is 1. The molecule has 0 saturated heterocycles. The molecule has 2 aromatic carbocycles. The molecule has 0 spiro atoms. The third-order valence-electron chi connectivity index (χ3n) is 3.83. The minimum Gasteiger partial charge on any atom is -0.404 e. The van der Waals surface area contributed by atoms with Gasteiger partial charge in [0.05, 0.1) is 0 Å². The third-order valence-corrected chi connectivity index (χ3v) is 3.83. The standard InChI is InChI=1S/C21H19F2N3O/c1-4-27-20(19(13-24)25-3)16-7-5-6-15(12-16)14-26-18-10-8-17(9-11-18)21(2,22)23/h1,5-12,25-26H,14H2,2-3H3/b20-19-. The van der Waals surface area contributed by atoms with Gasteiger partial charge in [-0.05, 0) is 23.8 Å². The van der Waals surface area contributed by atoms with Crippen molar-refractivity contribution in [3.05, 3.63) is 70.9 Å². The lowest BCUT2D eigenvalue weighted by Gasteiger charge is -2.13. The first-order valence-corrected chi connectivity index (χ1v) is 8.15. The zero-order chi connectivity index (χ0) is 19.9. The van der Waals surface area contributed by atoms with Crippen LogP contribution >= 0.6 is 0 Å². The van der Waals surface area contributed by atoms with Crippen LogP contribution < -0.4 is 10.6 Å². The Kier molecular flexibility index (Phi) is 6.41. The van der Waals surface area contributed by atoms with Crippen molar-refractivity contribution in [2.45, 2.75) is 19.4 Å². The molecule has 0 aliphatic heterocycles. The maximum atomic E-state index is 13.3. The number of hydrogen-bond acceptors (Lipinski definition) is 4. The molecule has 2 rings (SSSR count). The molecule has 0 fully saturated rings. The molecule has 2 N–H and O–H groups in total. The summed E-state index contributed by atoms with van der Waals surface area (Å²) >= 11 is 0. The first kappa shape index (κ1) is 19.8. The van der Waals surface area contributed by atoms with Crippen LogP contribution in [0.5, 0.6) is 0 Å². The molecule has 0 aromatic heterocycles. The fourth-order valence-corrected chi connectivity index (χ4v) is 2.44. The summed E-state index contributed by atoms with van der Waals surface area (Å²) in [6, 6.07) is 15.3. The largest absolute Gasteiger partial charge is 0.404 e. The van der Waals surface area contributed by atoms with Crippen LogP contribution in [-0.4, -0.2) is 7.05 Å². The predicted octanol–water partition coefficient (Wildman–Crippen LogP) is 4.43. The van der Waals surface area contributed by atoms with Gasteiger partial charge in [-0.3, -0.25) is 0 Å². The molecular weight excluding hydrogens is 348 g/mol. The number of ether oxygens (including phenoxy) is 1. The van der Waals surface area contributed by atoms with E-state index in [1.807, 2.05) is 24.3 Å². The molecule has 0 aliphatic carbocycles. The van der Waals surface area contributed by atoms with E-state index >= 15 is 0 Å². The fraction of sp³-hybridized carbons (Fsp3) is 0.190. The van der Waals surface area contributed by atoms with E-state index in [0.717, 1.165) is 18.2 Å². The summed E-state index contributed by atoms with van der Waals surface area (Å²) in [5.41, 5.74) is 2.46. The number of halogens is 2. The van der Waals surface area contributed by atoms with Crippen molar-refractivity contribution in [1.29, 1.82) is 5.26 Å². The van der Waals surface area contributed by atoms with Crippen LogP contribution in [0.15, 0.2) is 54.2 Å². The Bertz CT molecular complexity index is 901. The van der Waals surface area contributed by atoms with Gasteiger partial charge < -0.3 is 15.4 Å². The van der Waals surface area contributed by atoms with E-state index in [-0.39, 0.29) is 17.0 Å². The molecule has 0 unspecified atom stereocenters. The van der Waals surface area contributed by atoms with Crippen molar-refractivity contribution in [1.82, 2.24) is 5.32 Å². The van der Waals surface area contributed by atoms with Crippen molar-refractivity contribution in [3.8, 4) is 18.6 Å². The van der Waals surface area contributed by atoms with Gasteiger partial charge in [0.15, 0.2) is 11.5 Å². The lowest BCUT2D eigenvalue weighted by molar-refractivity contribution is 0.0175. The SMILES string of the molecule is C#CO/C(=C(/C#N)NC)c1cccc(CNc2ccc(C(C)(F)F)cc2)c1. The Morgan fingerprint density at radius 2 is 1.93 bits per heavy atom. The van der Waals surface area contributed by atoms with E-state index in [9.17, 15) is 14.0 Å². The zero-order valence-electron chi connectivity index (χ0n) is 15.0. The molecule has 0 radical (unpaired) electrons. The van der Waals surface area contributed by atoms with Gasteiger partial charge in [-0.2, -0.15) is 5.26 Å². The predicted molar refractivity (Wildman–Crippen MR) is 101 cm³/mol. The number of allylic oxidation sites excluding steroid dienone is 1. The van der Waals surface area contributed by atoms with Crippen molar-refractivity contribution in [3.63, 3.8) is 0 Å². The van der Waals surface area contributed by atoms with Crippen LogP contribution in [0, 0.1) is 23.9 Å². The van der Waals surface area contributed by atoms with Gasteiger partial charge in [-0.25, -0.2) is 8.78 Å². The van der Waals surface area contributed by atoms with Gasteiger partial charge in [-0.15, -0.1) is 0 Å². The second-order valence-corrected chi connectivity index (χ2v) is 5.81. The normalized spacial score (nSPS) is 11.6. The molecule has 0 heterocycles. The quantitative estimate of drug-likeness (QED) is 0.432. The molecule has 138 valence electrons. The number of benzene rings is 2. The highest BCUT2D eigenvalue weighted by Gasteiger charge is 2.23. The summed E-state index contributed by atoms with van der Waals surface area (Å²) < 4.78 is 31.7. The highest BCUT2D eigenvalue weighted by atomic mass is 19.3. The number of hydrogen-bond donors (Lipinski definition) is 2. The Labute approximate surface area is 157 Å². The van der Waals surface area contributed by atoms with Crippen LogP contribution in [0.2, 0.25) is 0 Å². The fourth-order valence-electron chi connectivity index (χ4n) is 2.44. The maximum Gasteiger partial charge on any atom is 0.270 e. The van der Waals surface area contributed by atoms with Gasteiger partial charge in [0, 0.05) is 37.3 Å². The van der Waals surface area contributed by atoms with E-state index in [0.29, 0.717) is 12.1 Å². The van der Waals surface area contributed by atoms with E-state index in [1.54, 1.807) is 25.2 Å². The topological polar surface area (TPSA) is 57.1 Å². The molecule has 27 heavy (non-hydrogen) atoms. The monoisotopic (exact) mass is 367 g/mol. The molecule has 2 aromatic rings. The first-order chi connectivity index (χ1) is 12.9. The van der Waals surface area contributed by atoms with E-state index in [2.05, 4.69) is 16.7 Å². The van der Waals surface area contributed by atoms with Crippen LogP contribution in [-0.2, 0) is 17.2 Å².